The first-order valence-electron chi connectivity index (χ1n) is 6.30. The number of amides is 1. The first kappa shape index (κ1) is 12.7. The molecule has 0 bridgehead atoms. The number of hydrogen-bond acceptors (Lipinski definition) is 2. The summed E-state index contributed by atoms with van der Waals surface area (Å²) in [7, 11) is 1.64. The lowest BCUT2D eigenvalue weighted by molar-refractivity contribution is -0.123. The first-order valence-corrected chi connectivity index (χ1v) is 6.30. The molecule has 1 fully saturated rings. The average Bonchev–Trinajstić information content (AvgIpc) is 2.37. The van der Waals surface area contributed by atoms with E-state index in [4.69, 9.17) is 4.74 Å². The second-order valence-electron chi connectivity index (χ2n) is 4.54. The number of β-lactam (4-membered cyclic amide) rings is 1. The first-order chi connectivity index (χ1) is 8.67. The maximum atomic E-state index is 11.8. The minimum absolute atomic E-state index is 0.189. The summed E-state index contributed by atoms with van der Waals surface area (Å²) in [6.07, 6.45) is 3.81. The minimum atomic E-state index is 0.189. The summed E-state index contributed by atoms with van der Waals surface area (Å²) >= 11 is 0. The topological polar surface area (TPSA) is 29.5 Å². The van der Waals surface area contributed by atoms with E-state index in [1.54, 1.807) is 7.11 Å². The van der Waals surface area contributed by atoms with E-state index in [1.807, 2.05) is 29.2 Å². The molecule has 0 N–H and O–H groups in total. The van der Waals surface area contributed by atoms with Crippen molar-refractivity contribution in [1.29, 1.82) is 0 Å². The van der Waals surface area contributed by atoms with Gasteiger partial charge in [0.05, 0.1) is 19.6 Å². The summed E-state index contributed by atoms with van der Waals surface area (Å²) in [4.78, 5) is 13.6. The Bertz CT molecular complexity index is 462. The van der Waals surface area contributed by atoms with Crippen LogP contribution in [0, 0.1) is 0 Å². The van der Waals surface area contributed by atoms with Crippen molar-refractivity contribution in [3.8, 4) is 5.75 Å². The van der Waals surface area contributed by atoms with E-state index in [0.717, 1.165) is 17.9 Å². The molecule has 0 aliphatic carbocycles. The highest BCUT2D eigenvalue weighted by Gasteiger charge is 2.37. The molecule has 1 amide bonds. The predicted molar refractivity (Wildman–Crippen MR) is 72.9 cm³/mol. The second kappa shape index (κ2) is 5.25. The summed E-state index contributed by atoms with van der Waals surface area (Å²) in [5, 5.41) is 0. The Hall–Kier alpha value is -1.77. The van der Waals surface area contributed by atoms with Crippen LogP contribution in [0.25, 0.3) is 0 Å². The van der Waals surface area contributed by atoms with Crippen molar-refractivity contribution in [2.24, 2.45) is 0 Å². The van der Waals surface area contributed by atoms with E-state index < -0.39 is 0 Å². The number of ether oxygens (including phenoxy) is 1. The summed E-state index contributed by atoms with van der Waals surface area (Å²) in [5.74, 6) is 0.998. The summed E-state index contributed by atoms with van der Waals surface area (Å²) in [6, 6.07) is 7.86. The SMILES string of the molecule is CC/C=C(\C)C1CC(=O)N1c1ccc(OC)cc1. The Kier molecular flexibility index (Phi) is 3.70. The fourth-order valence-electron chi connectivity index (χ4n) is 2.31. The monoisotopic (exact) mass is 245 g/mol. The standard InChI is InChI=1S/C15H19NO2/c1-4-5-11(2)14-10-15(17)16(14)12-6-8-13(18-3)9-7-12/h5-9,14H,4,10H2,1-3H3/b11-5+. The number of carbonyl (C=O) groups excluding carboxylic acids is 1. The molecule has 2 rings (SSSR count). The maximum absolute atomic E-state index is 11.8. The highest BCUT2D eigenvalue weighted by molar-refractivity contribution is 6.01. The van der Waals surface area contributed by atoms with Gasteiger partial charge in [-0.3, -0.25) is 4.79 Å². The molecule has 96 valence electrons. The van der Waals surface area contributed by atoms with Crippen molar-refractivity contribution < 1.29 is 9.53 Å². The normalized spacial score (nSPS) is 19.7. The van der Waals surface area contributed by atoms with Crippen LogP contribution in [-0.4, -0.2) is 19.1 Å². The third-order valence-corrected chi connectivity index (χ3v) is 3.35. The smallest absolute Gasteiger partial charge is 0.229 e. The molecule has 3 nitrogen and oxygen atoms in total. The Labute approximate surface area is 108 Å². The molecule has 1 aromatic carbocycles. The van der Waals surface area contributed by atoms with Gasteiger partial charge in [-0.1, -0.05) is 18.6 Å². The molecule has 1 heterocycles. The molecular formula is C15H19NO2. The third kappa shape index (κ3) is 2.26. The molecule has 1 unspecified atom stereocenters. The average molecular weight is 245 g/mol. The van der Waals surface area contributed by atoms with Crippen LogP contribution in [0.3, 0.4) is 0 Å². The Morgan fingerprint density at radius 3 is 2.61 bits per heavy atom. The van der Waals surface area contributed by atoms with Crippen LogP contribution < -0.4 is 9.64 Å². The number of allylic oxidation sites excluding steroid dienone is 1. The van der Waals surface area contributed by atoms with Crippen molar-refractivity contribution in [2.45, 2.75) is 32.7 Å². The fourth-order valence-corrected chi connectivity index (χ4v) is 2.31. The zero-order valence-electron chi connectivity index (χ0n) is 11.1. The van der Waals surface area contributed by atoms with E-state index in [1.165, 1.54) is 5.57 Å². The molecular weight excluding hydrogens is 226 g/mol. The van der Waals surface area contributed by atoms with Gasteiger partial charge in [-0.25, -0.2) is 0 Å². The molecule has 1 aliphatic heterocycles. The van der Waals surface area contributed by atoms with E-state index in [-0.39, 0.29) is 11.9 Å². The van der Waals surface area contributed by atoms with Crippen LogP contribution in [0.5, 0.6) is 5.75 Å². The third-order valence-electron chi connectivity index (χ3n) is 3.35. The number of carbonyl (C=O) groups is 1. The Morgan fingerprint density at radius 2 is 2.11 bits per heavy atom. The van der Waals surface area contributed by atoms with Gasteiger partial charge in [-0.2, -0.15) is 0 Å². The highest BCUT2D eigenvalue weighted by atomic mass is 16.5. The number of rotatable bonds is 4. The number of methoxy groups -OCH3 is 1. The van der Waals surface area contributed by atoms with Crippen molar-refractivity contribution >= 4 is 11.6 Å². The number of benzene rings is 1. The fraction of sp³-hybridized carbons (Fsp3) is 0.400. The second-order valence-corrected chi connectivity index (χ2v) is 4.54. The zero-order valence-corrected chi connectivity index (χ0v) is 11.1. The zero-order chi connectivity index (χ0) is 13.1. The lowest BCUT2D eigenvalue weighted by Gasteiger charge is -2.41. The summed E-state index contributed by atoms with van der Waals surface area (Å²) in [6.45, 7) is 4.21. The lowest BCUT2D eigenvalue weighted by Crippen LogP contribution is -2.53. The van der Waals surface area contributed by atoms with E-state index in [0.29, 0.717) is 6.42 Å². The highest BCUT2D eigenvalue weighted by Crippen LogP contribution is 2.32. The van der Waals surface area contributed by atoms with E-state index >= 15 is 0 Å². The number of hydrogen-bond donors (Lipinski definition) is 0. The van der Waals surface area contributed by atoms with Gasteiger partial charge in [-0.15, -0.1) is 0 Å². The van der Waals surface area contributed by atoms with Crippen LogP contribution in [0.4, 0.5) is 5.69 Å². The van der Waals surface area contributed by atoms with E-state index in [9.17, 15) is 4.79 Å². The van der Waals surface area contributed by atoms with Crippen molar-refractivity contribution in [3.05, 3.63) is 35.9 Å². The van der Waals surface area contributed by atoms with Crippen LogP contribution in [-0.2, 0) is 4.79 Å². The maximum Gasteiger partial charge on any atom is 0.229 e. The molecule has 3 heteroatoms. The molecule has 18 heavy (non-hydrogen) atoms. The molecule has 0 spiro atoms. The minimum Gasteiger partial charge on any atom is -0.497 e. The largest absolute Gasteiger partial charge is 0.497 e. The van der Waals surface area contributed by atoms with Gasteiger partial charge in [0.2, 0.25) is 5.91 Å². The van der Waals surface area contributed by atoms with Gasteiger partial charge >= 0.3 is 0 Å². The van der Waals surface area contributed by atoms with E-state index in [2.05, 4.69) is 19.9 Å². The molecule has 1 aromatic rings. The van der Waals surface area contributed by atoms with Gasteiger partial charge in [0.15, 0.2) is 0 Å². The van der Waals surface area contributed by atoms with Crippen LogP contribution in [0.15, 0.2) is 35.9 Å². The van der Waals surface area contributed by atoms with Crippen molar-refractivity contribution in [3.63, 3.8) is 0 Å². The van der Waals surface area contributed by atoms with Gasteiger partial charge in [-0.05, 0) is 37.6 Å². The predicted octanol–water partition coefficient (Wildman–Crippen LogP) is 3.16. The molecule has 0 radical (unpaired) electrons. The lowest BCUT2D eigenvalue weighted by atomic mass is 9.93. The van der Waals surface area contributed by atoms with Gasteiger partial charge in [0.1, 0.15) is 5.75 Å². The van der Waals surface area contributed by atoms with Crippen LogP contribution in [0.1, 0.15) is 26.7 Å². The van der Waals surface area contributed by atoms with Crippen molar-refractivity contribution in [1.82, 2.24) is 0 Å². The van der Waals surface area contributed by atoms with Gasteiger partial charge in [0.25, 0.3) is 0 Å². The number of nitrogens with zero attached hydrogens (tertiary/aromatic N) is 1. The van der Waals surface area contributed by atoms with Gasteiger partial charge in [0, 0.05) is 5.69 Å². The molecule has 1 aliphatic rings. The van der Waals surface area contributed by atoms with Crippen LogP contribution >= 0.6 is 0 Å². The van der Waals surface area contributed by atoms with Gasteiger partial charge < -0.3 is 9.64 Å². The molecule has 0 saturated carbocycles. The number of anilines is 1. The quantitative estimate of drug-likeness (QED) is 0.602. The Balaban J connectivity index is 2.19. The summed E-state index contributed by atoms with van der Waals surface area (Å²) < 4.78 is 5.13. The van der Waals surface area contributed by atoms with Crippen molar-refractivity contribution in [2.75, 3.05) is 12.0 Å². The molecule has 0 aromatic heterocycles. The van der Waals surface area contributed by atoms with Crippen LogP contribution in [0.2, 0.25) is 0 Å². The molecule has 1 atom stereocenters. The Morgan fingerprint density at radius 1 is 1.44 bits per heavy atom. The summed E-state index contributed by atoms with van der Waals surface area (Å²) in [5.41, 5.74) is 2.22. The molecule has 1 saturated heterocycles.